The molecule has 3 rings (SSSR count). The fraction of sp³-hybridized carbons (Fsp3) is 0.0909. The van der Waals surface area contributed by atoms with Gasteiger partial charge in [-0.3, -0.25) is 14.9 Å². The lowest BCUT2D eigenvalue weighted by atomic mass is 10.0. The fourth-order valence-corrected chi connectivity index (χ4v) is 3.41. The van der Waals surface area contributed by atoms with Crippen LogP contribution in [0.15, 0.2) is 64.6 Å². The number of nitro benzene ring substituents is 1. The number of halogens is 1. The minimum atomic E-state index is -0.571. The van der Waals surface area contributed by atoms with Crippen molar-refractivity contribution in [3.8, 4) is 11.8 Å². The topological polar surface area (TPSA) is 88.9 Å². The van der Waals surface area contributed by atoms with Gasteiger partial charge in [0, 0.05) is 39.2 Å². The number of aromatic nitrogens is 1. The quantitative estimate of drug-likeness (QED) is 0.168. The number of Topliss-reactive ketones (excluding diaryl/α,β-unsaturated/α-hetero) is 1. The molecule has 0 atom stereocenters. The van der Waals surface area contributed by atoms with E-state index in [1.165, 1.54) is 30.3 Å². The second kappa shape index (κ2) is 8.25. The lowest BCUT2D eigenvalue weighted by Gasteiger charge is -2.09. The number of hydrogen-bond acceptors (Lipinski definition) is 4. The molecule has 0 saturated carbocycles. The summed E-state index contributed by atoms with van der Waals surface area (Å²) < 4.78 is 3.00. The van der Waals surface area contributed by atoms with E-state index in [2.05, 4.69) is 15.9 Å². The highest BCUT2D eigenvalue weighted by Gasteiger charge is 2.17. The smallest absolute Gasteiger partial charge is 0.270 e. The van der Waals surface area contributed by atoms with Crippen molar-refractivity contribution in [2.24, 2.45) is 0 Å². The van der Waals surface area contributed by atoms with Crippen molar-refractivity contribution in [2.45, 2.75) is 13.8 Å². The predicted molar refractivity (Wildman–Crippen MR) is 114 cm³/mol. The first kappa shape index (κ1) is 20.2. The first-order valence-corrected chi connectivity index (χ1v) is 9.47. The highest BCUT2D eigenvalue weighted by Crippen LogP contribution is 2.25. The molecule has 7 heteroatoms. The third-order valence-corrected chi connectivity index (χ3v) is 5.07. The van der Waals surface area contributed by atoms with Gasteiger partial charge in [0.15, 0.2) is 0 Å². The molecule has 0 spiro atoms. The van der Waals surface area contributed by atoms with Gasteiger partial charge in [0.25, 0.3) is 5.69 Å². The SMILES string of the molecule is Cc1cc(C=C(C#N)C(=O)c2cccc([N+](=O)[O-])c2)c(C)n1-c1ccc(Br)cc1. The van der Waals surface area contributed by atoms with Gasteiger partial charge < -0.3 is 4.57 Å². The number of non-ortho nitro benzene ring substituents is 1. The van der Waals surface area contributed by atoms with E-state index in [0.29, 0.717) is 0 Å². The summed E-state index contributed by atoms with van der Waals surface area (Å²) >= 11 is 3.42. The number of allylic oxidation sites excluding steroid dienone is 1. The van der Waals surface area contributed by atoms with Gasteiger partial charge in [-0.05, 0) is 55.8 Å². The number of hydrogen-bond donors (Lipinski definition) is 0. The predicted octanol–water partition coefficient (Wildman–Crippen LogP) is 5.55. The van der Waals surface area contributed by atoms with Crippen LogP contribution in [0.2, 0.25) is 0 Å². The lowest BCUT2D eigenvalue weighted by Crippen LogP contribution is -2.03. The van der Waals surface area contributed by atoms with Crippen LogP contribution in [0.4, 0.5) is 5.69 Å². The van der Waals surface area contributed by atoms with Crippen LogP contribution in [-0.4, -0.2) is 15.3 Å². The summed E-state index contributed by atoms with van der Waals surface area (Å²) in [5, 5.41) is 20.5. The van der Waals surface area contributed by atoms with E-state index in [0.717, 1.165) is 27.1 Å². The molecule has 3 aromatic rings. The van der Waals surface area contributed by atoms with E-state index in [4.69, 9.17) is 0 Å². The van der Waals surface area contributed by atoms with Crippen LogP contribution in [0, 0.1) is 35.3 Å². The molecule has 0 fully saturated rings. The van der Waals surface area contributed by atoms with Crippen LogP contribution in [0.1, 0.15) is 27.3 Å². The molecule has 0 amide bonds. The van der Waals surface area contributed by atoms with Gasteiger partial charge in [-0.25, -0.2) is 0 Å². The molecule has 0 N–H and O–H groups in total. The number of carbonyl (C=O) groups is 1. The molecular formula is C22H16BrN3O3. The molecule has 29 heavy (non-hydrogen) atoms. The molecule has 0 saturated heterocycles. The second-order valence-electron chi connectivity index (χ2n) is 6.44. The van der Waals surface area contributed by atoms with Gasteiger partial charge in [0.05, 0.1) is 4.92 Å². The molecule has 1 aromatic heterocycles. The Morgan fingerprint density at radius 3 is 2.48 bits per heavy atom. The van der Waals surface area contributed by atoms with Gasteiger partial charge >= 0.3 is 0 Å². The Morgan fingerprint density at radius 2 is 1.86 bits per heavy atom. The summed E-state index contributed by atoms with van der Waals surface area (Å²) in [5.74, 6) is -0.551. The van der Waals surface area contributed by atoms with Gasteiger partial charge in [-0.1, -0.05) is 28.1 Å². The van der Waals surface area contributed by atoms with Crippen LogP contribution < -0.4 is 0 Å². The summed E-state index contributed by atoms with van der Waals surface area (Å²) in [6, 6.07) is 17.0. The van der Waals surface area contributed by atoms with Gasteiger partial charge in [0.2, 0.25) is 5.78 Å². The summed E-state index contributed by atoms with van der Waals surface area (Å²) in [7, 11) is 0. The largest absolute Gasteiger partial charge is 0.318 e. The number of carbonyl (C=O) groups excluding carboxylic acids is 1. The van der Waals surface area contributed by atoms with Crippen LogP contribution in [-0.2, 0) is 0 Å². The van der Waals surface area contributed by atoms with E-state index in [-0.39, 0.29) is 16.8 Å². The number of nitrogens with zero attached hydrogens (tertiary/aromatic N) is 3. The van der Waals surface area contributed by atoms with E-state index in [1.54, 1.807) is 0 Å². The van der Waals surface area contributed by atoms with Crippen molar-refractivity contribution in [1.82, 2.24) is 4.57 Å². The first-order chi connectivity index (χ1) is 13.8. The Morgan fingerprint density at radius 1 is 1.17 bits per heavy atom. The fourth-order valence-electron chi connectivity index (χ4n) is 3.14. The zero-order chi connectivity index (χ0) is 21.1. The number of aryl methyl sites for hydroxylation is 1. The van der Waals surface area contributed by atoms with Crippen LogP contribution in [0.3, 0.4) is 0 Å². The van der Waals surface area contributed by atoms with Crippen molar-refractivity contribution >= 4 is 33.5 Å². The Labute approximate surface area is 176 Å². The van der Waals surface area contributed by atoms with Gasteiger partial charge in [0.1, 0.15) is 11.6 Å². The molecule has 0 radical (unpaired) electrons. The van der Waals surface area contributed by atoms with Crippen molar-refractivity contribution in [3.05, 3.63) is 97.3 Å². The third-order valence-electron chi connectivity index (χ3n) is 4.54. The maximum atomic E-state index is 12.7. The monoisotopic (exact) mass is 449 g/mol. The zero-order valence-electron chi connectivity index (χ0n) is 15.7. The lowest BCUT2D eigenvalue weighted by molar-refractivity contribution is -0.384. The van der Waals surface area contributed by atoms with Crippen molar-refractivity contribution in [2.75, 3.05) is 0 Å². The molecule has 1 heterocycles. The number of benzene rings is 2. The zero-order valence-corrected chi connectivity index (χ0v) is 17.3. The molecule has 0 aliphatic heterocycles. The number of nitro groups is 1. The minimum absolute atomic E-state index is 0.0819. The molecule has 0 bridgehead atoms. The maximum absolute atomic E-state index is 12.7. The Hall–Kier alpha value is -3.50. The standard InChI is InChI=1S/C22H16BrN3O3/c1-14-10-17(15(2)25(14)20-8-6-19(23)7-9-20)11-18(13-24)22(27)16-4-3-5-21(12-16)26(28)29/h3-12H,1-2H3. The molecule has 6 nitrogen and oxygen atoms in total. The van der Waals surface area contributed by atoms with Gasteiger partial charge in [-0.15, -0.1) is 0 Å². The Kier molecular flexibility index (Phi) is 5.76. The number of ketones is 1. The summed E-state index contributed by atoms with van der Waals surface area (Å²) in [6.45, 7) is 3.86. The molecule has 0 aliphatic carbocycles. The minimum Gasteiger partial charge on any atom is -0.318 e. The van der Waals surface area contributed by atoms with Crippen molar-refractivity contribution in [3.63, 3.8) is 0 Å². The highest BCUT2D eigenvalue weighted by molar-refractivity contribution is 9.10. The third kappa shape index (κ3) is 4.18. The van der Waals surface area contributed by atoms with Crippen LogP contribution in [0.25, 0.3) is 11.8 Å². The second-order valence-corrected chi connectivity index (χ2v) is 7.36. The molecule has 2 aromatic carbocycles. The molecule has 0 unspecified atom stereocenters. The van der Waals surface area contributed by atoms with E-state index >= 15 is 0 Å². The highest BCUT2D eigenvalue weighted by atomic mass is 79.9. The van der Waals surface area contributed by atoms with Crippen molar-refractivity contribution < 1.29 is 9.72 Å². The Balaban J connectivity index is 2.02. The molecule has 144 valence electrons. The number of nitriles is 1. The summed E-state index contributed by atoms with van der Waals surface area (Å²) in [4.78, 5) is 23.1. The van der Waals surface area contributed by atoms with E-state index in [1.807, 2.05) is 54.8 Å². The Bertz CT molecular complexity index is 1190. The number of rotatable bonds is 5. The van der Waals surface area contributed by atoms with Crippen LogP contribution >= 0.6 is 15.9 Å². The van der Waals surface area contributed by atoms with Crippen molar-refractivity contribution in [1.29, 1.82) is 5.26 Å². The molecule has 0 aliphatic rings. The van der Waals surface area contributed by atoms with E-state index in [9.17, 15) is 20.2 Å². The normalized spacial score (nSPS) is 11.2. The first-order valence-electron chi connectivity index (χ1n) is 8.67. The van der Waals surface area contributed by atoms with Crippen LogP contribution in [0.5, 0.6) is 0 Å². The molecular weight excluding hydrogens is 434 g/mol. The average Bonchev–Trinajstić information content (AvgIpc) is 2.99. The summed E-state index contributed by atoms with van der Waals surface area (Å²) in [5.41, 5.74) is 3.37. The van der Waals surface area contributed by atoms with Gasteiger partial charge in [-0.2, -0.15) is 5.26 Å². The average molecular weight is 450 g/mol. The summed E-state index contributed by atoms with van der Waals surface area (Å²) in [6.07, 6.45) is 1.53. The van der Waals surface area contributed by atoms with E-state index < -0.39 is 10.7 Å². The maximum Gasteiger partial charge on any atom is 0.270 e.